The van der Waals surface area contributed by atoms with Crippen molar-refractivity contribution in [2.24, 2.45) is 0 Å². The van der Waals surface area contributed by atoms with Crippen LogP contribution in [-0.2, 0) is 6.54 Å². The van der Waals surface area contributed by atoms with Gasteiger partial charge in [0, 0.05) is 37.3 Å². The largest absolute Gasteiger partial charge is 0.357 e. The maximum absolute atomic E-state index is 5.11. The van der Waals surface area contributed by atoms with Gasteiger partial charge in [0.2, 0.25) is 0 Å². The second kappa shape index (κ2) is 8.67. The Kier molecular flexibility index (Phi) is 5.75. The summed E-state index contributed by atoms with van der Waals surface area (Å²) in [7, 11) is 2.18. The Morgan fingerprint density at radius 2 is 1.97 bits per heavy atom. The highest BCUT2D eigenvalue weighted by molar-refractivity contribution is 7.18. The molecule has 0 spiro atoms. The van der Waals surface area contributed by atoms with Crippen LogP contribution in [0.3, 0.4) is 0 Å². The maximum atomic E-state index is 5.11. The monoisotopic (exact) mass is 437 g/mol. The van der Waals surface area contributed by atoms with E-state index in [1.807, 2.05) is 6.07 Å². The van der Waals surface area contributed by atoms with Gasteiger partial charge < -0.3 is 9.80 Å². The Morgan fingerprint density at radius 1 is 1.13 bits per heavy atom. The van der Waals surface area contributed by atoms with Crippen molar-refractivity contribution in [3.8, 4) is 0 Å². The van der Waals surface area contributed by atoms with E-state index in [9.17, 15) is 0 Å². The number of aryl methyl sites for hydroxylation is 2. The van der Waals surface area contributed by atoms with Crippen LogP contribution in [0.15, 0.2) is 18.3 Å². The molecule has 0 saturated carbocycles. The van der Waals surface area contributed by atoms with Crippen LogP contribution in [0.2, 0.25) is 0 Å². The lowest BCUT2D eigenvalue weighted by Gasteiger charge is -2.30. The quantitative estimate of drug-likeness (QED) is 0.581. The number of hydrogen-bond acceptors (Lipinski definition) is 8. The fraction of sp³-hybridized carbons (Fsp3) is 0.565. The van der Waals surface area contributed by atoms with Crippen LogP contribution in [0.5, 0.6) is 0 Å². The summed E-state index contributed by atoms with van der Waals surface area (Å²) < 4.78 is 0. The van der Waals surface area contributed by atoms with Crippen molar-refractivity contribution in [3.63, 3.8) is 0 Å². The minimum Gasteiger partial charge on any atom is -0.357 e. The second-order valence-corrected chi connectivity index (χ2v) is 10.1. The van der Waals surface area contributed by atoms with Gasteiger partial charge in [0.25, 0.3) is 0 Å². The summed E-state index contributed by atoms with van der Waals surface area (Å²) in [6.07, 6.45) is 6.66. The first-order chi connectivity index (χ1) is 15.1. The summed E-state index contributed by atoms with van der Waals surface area (Å²) in [6, 6.07) is 4.44. The van der Waals surface area contributed by atoms with E-state index in [0.717, 1.165) is 61.4 Å². The lowest BCUT2D eigenvalue weighted by molar-refractivity contribution is 0.323. The lowest BCUT2D eigenvalue weighted by atomic mass is 10.1. The molecule has 2 saturated heterocycles. The summed E-state index contributed by atoms with van der Waals surface area (Å²) in [5.74, 6) is 3.00. The molecule has 0 radical (unpaired) electrons. The van der Waals surface area contributed by atoms with Crippen LogP contribution in [0.1, 0.15) is 41.9 Å². The standard InChI is InChI=1S/C23H31N7S/c1-16-17(2)31-23-21(16)22(25-19(26-23)15-29-11-4-5-12-29)28(3)14-18-8-7-13-30(18)20-9-6-10-24-27-20/h6,9-10,18H,4-5,7-8,11-15H2,1-3H3. The van der Waals surface area contributed by atoms with Gasteiger partial charge in [-0.1, -0.05) is 0 Å². The van der Waals surface area contributed by atoms with Crippen molar-refractivity contribution in [1.82, 2.24) is 25.1 Å². The van der Waals surface area contributed by atoms with Crippen molar-refractivity contribution in [2.75, 3.05) is 43.0 Å². The average Bonchev–Trinajstić information content (AvgIpc) is 3.50. The maximum Gasteiger partial charge on any atom is 0.151 e. The lowest BCUT2D eigenvalue weighted by Crippen LogP contribution is -2.40. The van der Waals surface area contributed by atoms with E-state index in [0.29, 0.717) is 6.04 Å². The molecule has 5 rings (SSSR count). The molecule has 2 aliphatic rings. The Labute approximate surface area is 188 Å². The molecule has 0 N–H and O–H groups in total. The van der Waals surface area contributed by atoms with Crippen LogP contribution in [0, 0.1) is 13.8 Å². The van der Waals surface area contributed by atoms with E-state index >= 15 is 0 Å². The van der Waals surface area contributed by atoms with Crippen LogP contribution >= 0.6 is 11.3 Å². The highest BCUT2D eigenvalue weighted by Gasteiger charge is 2.28. The van der Waals surface area contributed by atoms with E-state index in [4.69, 9.17) is 9.97 Å². The number of likely N-dealkylation sites (N-methyl/N-ethyl adjacent to an activating group) is 1. The second-order valence-electron chi connectivity index (χ2n) is 8.86. The summed E-state index contributed by atoms with van der Waals surface area (Å²) in [6.45, 7) is 9.51. The Morgan fingerprint density at radius 3 is 2.74 bits per heavy atom. The molecule has 3 aromatic rings. The number of likely N-dealkylation sites (tertiary alicyclic amines) is 1. The topological polar surface area (TPSA) is 61.3 Å². The number of nitrogens with zero attached hydrogens (tertiary/aromatic N) is 7. The van der Waals surface area contributed by atoms with Crippen LogP contribution in [0.4, 0.5) is 11.6 Å². The van der Waals surface area contributed by atoms with Gasteiger partial charge in [-0.15, -0.1) is 16.4 Å². The van der Waals surface area contributed by atoms with E-state index < -0.39 is 0 Å². The number of fused-ring (bicyclic) bond motifs is 1. The van der Waals surface area contributed by atoms with Crippen molar-refractivity contribution < 1.29 is 0 Å². The molecule has 7 nitrogen and oxygen atoms in total. The van der Waals surface area contributed by atoms with E-state index in [1.54, 1.807) is 17.5 Å². The normalized spacial score (nSPS) is 19.6. The molecule has 8 heteroatoms. The minimum absolute atomic E-state index is 0.411. The van der Waals surface area contributed by atoms with E-state index in [1.165, 1.54) is 35.1 Å². The highest BCUT2D eigenvalue weighted by atomic mass is 32.1. The third-order valence-corrected chi connectivity index (χ3v) is 7.80. The molecule has 1 unspecified atom stereocenters. The smallest absolute Gasteiger partial charge is 0.151 e. The molecule has 1 atom stereocenters. The van der Waals surface area contributed by atoms with Crippen LogP contribution in [0.25, 0.3) is 10.2 Å². The fourth-order valence-electron chi connectivity index (χ4n) is 4.94. The van der Waals surface area contributed by atoms with Gasteiger partial charge in [-0.2, -0.15) is 5.10 Å². The van der Waals surface area contributed by atoms with Gasteiger partial charge in [-0.25, -0.2) is 9.97 Å². The van der Waals surface area contributed by atoms with Crippen molar-refractivity contribution in [2.45, 2.75) is 52.1 Å². The van der Waals surface area contributed by atoms with Gasteiger partial charge >= 0.3 is 0 Å². The van der Waals surface area contributed by atoms with Gasteiger partial charge in [0.05, 0.1) is 11.9 Å². The van der Waals surface area contributed by atoms with Gasteiger partial charge in [-0.05, 0) is 70.3 Å². The van der Waals surface area contributed by atoms with E-state index in [2.05, 4.69) is 51.9 Å². The third-order valence-electron chi connectivity index (χ3n) is 6.70. The molecular formula is C23H31N7S. The Balaban J connectivity index is 1.44. The zero-order valence-corrected chi connectivity index (χ0v) is 19.5. The number of aromatic nitrogens is 4. The summed E-state index contributed by atoms with van der Waals surface area (Å²) >= 11 is 1.80. The molecule has 0 bridgehead atoms. The third kappa shape index (κ3) is 4.11. The number of thiophene rings is 1. The van der Waals surface area contributed by atoms with Crippen molar-refractivity contribution in [1.29, 1.82) is 0 Å². The average molecular weight is 438 g/mol. The van der Waals surface area contributed by atoms with Crippen LogP contribution in [-0.4, -0.2) is 64.3 Å². The molecule has 31 heavy (non-hydrogen) atoms. The fourth-order valence-corrected chi connectivity index (χ4v) is 5.98. The SMILES string of the molecule is Cc1sc2nc(CN3CCCC3)nc(N(C)CC3CCCN3c3cccnn3)c2c1C. The number of rotatable bonds is 6. The summed E-state index contributed by atoms with van der Waals surface area (Å²) in [5.41, 5.74) is 1.31. The van der Waals surface area contributed by atoms with Gasteiger partial charge in [-0.3, -0.25) is 4.90 Å². The first kappa shape index (κ1) is 20.6. The van der Waals surface area contributed by atoms with Gasteiger partial charge in [0.1, 0.15) is 16.5 Å². The predicted octanol–water partition coefficient (Wildman–Crippen LogP) is 3.80. The molecule has 3 aromatic heterocycles. The summed E-state index contributed by atoms with van der Waals surface area (Å²) in [4.78, 5) is 19.8. The predicted molar refractivity (Wildman–Crippen MR) is 127 cm³/mol. The molecule has 5 heterocycles. The number of anilines is 2. The van der Waals surface area contributed by atoms with E-state index in [-0.39, 0.29) is 0 Å². The Hall–Kier alpha value is -2.32. The molecular weight excluding hydrogens is 406 g/mol. The van der Waals surface area contributed by atoms with Crippen LogP contribution < -0.4 is 9.80 Å². The Bertz CT molecular complexity index is 1050. The first-order valence-electron chi connectivity index (χ1n) is 11.3. The molecule has 0 aliphatic carbocycles. The number of hydrogen-bond donors (Lipinski definition) is 0. The van der Waals surface area contributed by atoms with Gasteiger partial charge in [0.15, 0.2) is 5.82 Å². The first-order valence-corrected chi connectivity index (χ1v) is 12.2. The van der Waals surface area contributed by atoms with Crippen molar-refractivity contribution >= 4 is 33.2 Å². The molecule has 2 aliphatic heterocycles. The molecule has 0 aromatic carbocycles. The zero-order chi connectivity index (χ0) is 21.4. The molecule has 2 fully saturated rings. The molecule has 0 amide bonds. The van der Waals surface area contributed by atoms with Crippen molar-refractivity contribution in [3.05, 3.63) is 34.6 Å². The minimum atomic E-state index is 0.411. The highest BCUT2D eigenvalue weighted by Crippen LogP contribution is 2.35. The summed E-state index contributed by atoms with van der Waals surface area (Å²) in [5, 5.41) is 9.67. The molecule has 164 valence electrons. The zero-order valence-electron chi connectivity index (χ0n) is 18.7.